The first-order valence-electron chi connectivity index (χ1n) is 6.79. The number of benzene rings is 1. The van der Waals surface area contributed by atoms with Gasteiger partial charge in [0.2, 0.25) is 5.89 Å². The van der Waals surface area contributed by atoms with Gasteiger partial charge in [-0.2, -0.15) is 11.8 Å². The molecule has 7 heteroatoms. The molecule has 4 nitrogen and oxygen atoms in total. The first-order chi connectivity index (χ1) is 10.6. The molecule has 1 aromatic heterocycles. The van der Waals surface area contributed by atoms with Gasteiger partial charge in [0.15, 0.2) is 0 Å². The van der Waals surface area contributed by atoms with Gasteiger partial charge in [0.1, 0.15) is 23.5 Å². The Bertz CT molecular complexity index is 632. The smallest absolute Gasteiger partial charge is 0.232 e. The summed E-state index contributed by atoms with van der Waals surface area (Å²) in [6.45, 7) is 1.20. The summed E-state index contributed by atoms with van der Waals surface area (Å²) in [6, 6.07) is 3.63. The number of aliphatic hydroxyl groups is 1. The molecule has 1 fully saturated rings. The van der Waals surface area contributed by atoms with E-state index in [0.717, 1.165) is 5.75 Å². The van der Waals surface area contributed by atoms with Gasteiger partial charge in [-0.3, -0.25) is 0 Å². The minimum absolute atomic E-state index is 0.0601. The van der Waals surface area contributed by atoms with Gasteiger partial charge in [-0.25, -0.2) is 13.8 Å². The lowest BCUT2D eigenvalue weighted by atomic mass is 9.90. The Morgan fingerprint density at radius 1 is 1.27 bits per heavy atom. The highest BCUT2D eigenvalue weighted by molar-refractivity contribution is 7.98. The molecule has 1 aromatic carbocycles. The highest BCUT2D eigenvalue weighted by Gasteiger charge is 2.37. The van der Waals surface area contributed by atoms with Crippen LogP contribution in [0.15, 0.2) is 28.9 Å². The number of halogens is 2. The molecule has 2 heterocycles. The highest BCUT2D eigenvalue weighted by Crippen LogP contribution is 2.32. The third-order valence-corrected chi connectivity index (χ3v) is 4.85. The summed E-state index contributed by atoms with van der Waals surface area (Å²) in [7, 11) is 0. The van der Waals surface area contributed by atoms with E-state index in [0.29, 0.717) is 24.7 Å². The van der Waals surface area contributed by atoms with Crippen LogP contribution in [0.2, 0.25) is 0 Å². The van der Waals surface area contributed by atoms with Crippen LogP contribution in [-0.4, -0.2) is 35.7 Å². The molecule has 22 heavy (non-hydrogen) atoms. The van der Waals surface area contributed by atoms with Crippen LogP contribution < -0.4 is 0 Å². The van der Waals surface area contributed by atoms with Crippen molar-refractivity contribution in [3.05, 3.63) is 41.8 Å². The predicted molar refractivity (Wildman–Crippen MR) is 78.4 cm³/mol. The molecule has 0 atom stereocenters. The van der Waals surface area contributed by atoms with Gasteiger partial charge in [-0.15, -0.1) is 0 Å². The van der Waals surface area contributed by atoms with E-state index in [2.05, 4.69) is 4.98 Å². The standard InChI is InChI=1S/C15H15F2NO3S/c16-11-2-1-3-12(17)13(11)14-18-10(4-21-14)5-22-9-15(6-19)7-20-8-15/h1-4,19H,5-9H2. The summed E-state index contributed by atoms with van der Waals surface area (Å²) in [6.07, 6.45) is 1.40. The fourth-order valence-electron chi connectivity index (χ4n) is 2.17. The lowest BCUT2D eigenvalue weighted by Gasteiger charge is -2.39. The molecule has 118 valence electrons. The minimum atomic E-state index is -0.702. The van der Waals surface area contributed by atoms with E-state index in [-0.39, 0.29) is 23.5 Å². The Kier molecular flexibility index (Phi) is 4.46. The second-order valence-corrected chi connectivity index (χ2v) is 6.37. The van der Waals surface area contributed by atoms with E-state index in [4.69, 9.17) is 9.15 Å². The van der Waals surface area contributed by atoms with Crippen LogP contribution in [0.4, 0.5) is 8.78 Å². The maximum atomic E-state index is 13.7. The van der Waals surface area contributed by atoms with E-state index in [1.54, 1.807) is 11.8 Å². The fourth-order valence-corrected chi connectivity index (χ4v) is 3.31. The normalized spacial score (nSPS) is 16.5. The van der Waals surface area contributed by atoms with Crippen LogP contribution in [0, 0.1) is 17.0 Å². The van der Waals surface area contributed by atoms with Crippen LogP contribution in [0.25, 0.3) is 11.5 Å². The molecule has 1 N–H and O–H groups in total. The van der Waals surface area contributed by atoms with Gasteiger partial charge in [0.05, 0.1) is 25.5 Å². The Balaban J connectivity index is 1.64. The van der Waals surface area contributed by atoms with E-state index in [9.17, 15) is 13.9 Å². The van der Waals surface area contributed by atoms with Crippen molar-refractivity contribution in [3.8, 4) is 11.5 Å². The Morgan fingerprint density at radius 2 is 2.00 bits per heavy atom. The number of rotatable bonds is 6. The minimum Gasteiger partial charge on any atom is -0.444 e. The first kappa shape index (κ1) is 15.5. The molecule has 1 aliphatic rings. The second-order valence-electron chi connectivity index (χ2n) is 5.38. The molecule has 0 spiro atoms. The number of thioether (sulfide) groups is 1. The zero-order chi connectivity index (χ0) is 15.6. The number of nitrogens with zero attached hydrogens (tertiary/aromatic N) is 1. The molecule has 0 bridgehead atoms. The second kappa shape index (κ2) is 6.36. The van der Waals surface area contributed by atoms with Crippen molar-refractivity contribution in [2.24, 2.45) is 5.41 Å². The van der Waals surface area contributed by atoms with Crippen molar-refractivity contribution >= 4 is 11.8 Å². The Hall–Kier alpha value is -1.44. The van der Waals surface area contributed by atoms with Crippen LogP contribution in [0.3, 0.4) is 0 Å². The summed E-state index contributed by atoms with van der Waals surface area (Å²) < 4.78 is 37.6. The molecule has 1 aliphatic heterocycles. The molecule has 0 radical (unpaired) electrons. The number of aromatic nitrogens is 1. The third kappa shape index (κ3) is 3.02. The lowest BCUT2D eigenvalue weighted by Crippen LogP contribution is -2.47. The molecular weight excluding hydrogens is 312 g/mol. The maximum Gasteiger partial charge on any atom is 0.232 e. The molecule has 0 aliphatic carbocycles. The summed E-state index contributed by atoms with van der Waals surface area (Å²) in [5, 5.41) is 9.34. The quantitative estimate of drug-likeness (QED) is 0.884. The van der Waals surface area contributed by atoms with Crippen molar-refractivity contribution in [1.82, 2.24) is 4.98 Å². The third-order valence-electron chi connectivity index (χ3n) is 3.54. The van der Waals surface area contributed by atoms with E-state index in [1.165, 1.54) is 24.5 Å². The molecule has 0 unspecified atom stereocenters. The van der Waals surface area contributed by atoms with Gasteiger partial charge in [-0.1, -0.05) is 6.07 Å². The van der Waals surface area contributed by atoms with Gasteiger partial charge < -0.3 is 14.3 Å². The van der Waals surface area contributed by atoms with E-state index in [1.807, 2.05) is 0 Å². The summed E-state index contributed by atoms with van der Waals surface area (Å²) in [5.41, 5.74) is 0.184. The molecule has 0 amide bonds. The fraction of sp³-hybridized carbons (Fsp3) is 0.400. The van der Waals surface area contributed by atoms with Crippen molar-refractivity contribution in [3.63, 3.8) is 0 Å². The summed E-state index contributed by atoms with van der Waals surface area (Å²) in [4.78, 5) is 4.13. The molecular formula is C15H15F2NO3S. The number of ether oxygens (including phenoxy) is 1. The first-order valence-corrected chi connectivity index (χ1v) is 7.94. The average Bonchev–Trinajstić information content (AvgIpc) is 2.90. The number of hydrogen-bond acceptors (Lipinski definition) is 5. The van der Waals surface area contributed by atoms with Crippen LogP contribution in [0.1, 0.15) is 5.69 Å². The largest absolute Gasteiger partial charge is 0.444 e. The van der Waals surface area contributed by atoms with Crippen LogP contribution >= 0.6 is 11.8 Å². The van der Waals surface area contributed by atoms with Gasteiger partial charge in [-0.05, 0) is 12.1 Å². The Morgan fingerprint density at radius 3 is 2.59 bits per heavy atom. The van der Waals surface area contributed by atoms with Gasteiger partial charge in [0, 0.05) is 16.9 Å². The zero-order valence-electron chi connectivity index (χ0n) is 11.7. The predicted octanol–water partition coefficient (Wildman–Crippen LogP) is 2.86. The summed E-state index contributed by atoms with van der Waals surface area (Å²) >= 11 is 1.58. The van der Waals surface area contributed by atoms with Crippen molar-refractivity contribution in [2.75, 3.05) is 25.6 Å². The molecule has 1 saturated heterocycles. The van der Waals surface area contributed by atoms with Crippen LogP contribution in [-0.2, 0) is 10.5 Å². The van der Waals surface area contributed by atoms with E-state index < -0.39 is 11.6 Å². The average molecular weight is 327 g/mol. The van der Waals surface area contributed by atoms with E-state index >= 15 is 0 Å². The Labute approximate surface area is 130 Å². The van der Waals surface area contributed by atoms with Gasteiger partial charge >= 0.3 is 0 Å². The maximum absolute atomic E-state index is 13.7. The topological polar surface area (TPSA) is 55.5 Å². The van der Waals surface area contributed by atoms with Crippen molar-refractivity contribution < 1.29 is 23.0 Å². The van der Waals surface area contributed by atoms with Gasteiger partial charge in [0.25, 0.3) is 0 Å². The monoisotopic (exact) mass is 327 g/mol. The molecule has 3 rings (SSSR count). The molecule has 2 aromatic rings. The zero-order valence-corrected chi connectivity index (χ0v) is 12.5. The number of oxazole rings is 1. The number of hydrogen-bond donors (Lipinski definition) is 1. The van der Waals surface area contributed by atoms with Crippen molar-refractivity contribution in [2.45, 2.75) is 5.75 Å². The molecule has 0 saturated carbocycles. The lowest BCUT2D eigenvalue weighted by molar-refractivity contribution is -0.121. The number of aliphatic hydroxyl groups excluding tert-OH is 1. The summed E-state index contributed by atoms with van der Waals surface area (Å²) in [5.74, 6) is -0.185. The van der Waals surface area contributed by atoms with Crippen molar-refractivity contribution in [1.29, 1.82) is 0 Å². The highest BCUT2D eigenvalue weighted by atomic mass is 32.2. The van der Waals surface area contributed by atoms with Crippen LogP contribution in [0.5, 0.6) is 0 Å². The SMILES string of the molecule is OCC1(CSCc2coc(-c3c(F)cccc3F)n2)COC1.